The first-order valence-corrected chi connectivity index (χ1v) is 10.5. The zero-order valence-electron chi connectivity index (χ0n) is 15.6. The third-order valence-electron chi connectivity index (χ3n) is 4.90. The Kier molecular flexibility index (Phi) is 5.53. The summed E-state index contributed by atoms with van der Waals surface area (Å²) in [5.74, 6) is 0.156. The molecule has 3 N–H and O–H groups in total. The van der Waals surface area contributed by atoms with Crippen LogP contribution in [0.1, 0.15) is 27.9 Å². The fourth-order valence-corrected chi connectivity index (χ4v) is 4.65. The van der Waals surface area contributed by atoms with Crippen LogP contribution >= 0.6 is 0 Å². The molecule has 7 heteroatoms. The van der Waals surface area contributed by atoms with E-state index in [1.807, 2.05) is 13.0 Å². The summed E-state index contributed by atoms with van der Waals surface area (Å²) in [5.41, 5.74) is 8.12. The highest BCUT2D eigenvalue weighted by Crippen LogP contribution is 2.24. The SMILES string of the molecule is Cc1cccc(NS(=O)(=O)c2cc(C(=O)N3CCC(CN)C3)ccc2C)c1. The number of anilines is 1. The smallest absolute Gasteiger partial charge is 0.262 e. The molecule has 6 nitrogen and oxygen atoms in total. The Labute approximate surface area is 160 Å². The molecule has 1 saturated heterocycles. The number of carbonyl (C=O) groups excluding carboxylic acids is 1. The van der Waals surface area contributed by atoms with Gasteiger partial charge in [0.05, 0.1) is 4.90 Å². The number of likely N-dealkylation sites (tertiary alicyclic amines) is 1. The van der Waals surface area contributed by atoms with Crippen molar-refractivity contribution in [3.05, 3.63) is 59.2 Å². The third-order valence-corrected chi connectivity index (χ3v) is 6.42. The van der Waals surface area contributed by atoms with E-state index in [1.54, 1.807) is 42.2 Å². The van der Waals surface area contributed by atoms with Crippen molar-refractivity contribution in [2.45, 2.75) is 25.2 Å². The van der Waals surface area contributed by atoms with Crippen molar-refractivity contribution in [2.24, 2.45) is 11.7 Å². The Morgan fingerprint density at radius 1 is 1.22 bits per heavy atom. The molecule has 0 radical (unpaired) electrons. The minimum Gasteiger partial charge on any atom is -0.338 e. The zero-order chi connectivity index (χ0) is 19.6. The molecule has 2 aromatic carbocycles. The van der Waals surface area contributed by atoms with Gasteiger partial charge in [-0.15, -0.1) is 0 Å². The number of hydrogen-bond acceptors (Lipinski definition) is 4. The molecule has 0 bridgehead atoms. The molecular weight excluding hydrogens is 362 g/mol. The van der Waals surface area contributed by atoms with Gasteiger partial charge in [-0.25, -0.2) is 8.42 Å². The summed E-state index contributed by atoms with van der Waals surface area (Å²) >= 11 is 0. The van der Waals surface area contributed by atoms with Crippen LogP contribution in [-0.4, -0.2) is 38.9 Å². The molecule has 144 valence electrons. The number of carbonyl (C=O) groups is 1. The predicted octanol–water partition coefficient (Wildman–Crippen LogP) is 2.53. The lowest BCUT2D eigenvalue weighted by Crippen LogP contribution is -2.30. The van der Waals surface area contributed by atoms with E-state index >= 15 is 0 Å². The normalized spacial score (nSPS) is 17.1. The Bertz CT molecular complexity index is 957. The number of nitrogens with one attached hydrogen (secondary N) is 1. The average molecular weight is 388 g/mol. The minimum atomic E-state index is -3.80. The molecular formula is C20H25N3O3S. The second-order valence-corrected chi connectivity index (χ2v) is 8.75. The van der Waals surface area contributed by atoms with E-state index in [2.05, 4.69) is 4.72 Å². The van der Waals surface area contributed by atoms with Crippen molar-refractivity contribution in [3.63, 3.8) is 0 Å². The van der Waals surface area contributed by atoms with Gasteiger partial charge in [0.2, 0.25) is 0 Å². The van der Waals surface area contributed by atoms with Gasteiger partial charge in [0.15, 0.2) is 0 Å². The molecule has 0 saturated carbocycles. The van der Waals surface area contributed by atoms with E-state index in [4.69, 9.17) is 5.73 Å². The molecule has 1 aliphatic heterocycles. The number of benzene rings is 2. The second-order valence-electron chi connectivity index (χ2n) is 7.10. The van der Waals surface area contributed by atoms with E-state index in [0.29, 0.717) is 42.4 Å². The van der Waals surface area contributed by atoms with Crippen LogP contribution in [0.15, 0.2) is 47.4 Å². The van der Waals surface area contributed by atoms with Crippen LogP contribution in [0.3, 0.4) is 0 Å². The summed E-state index contributed by atoms with van der Waals surface area (Å²) in [4.78, 5) is 14.6. The lowest BCUT2D eigenvalue weighted by atomic mass is 10.1. The topological polar surface area (TPSA) is 92.5 Å². The molecule has 27 heavy (non-hydrogen) atoms. The number of nitrogens with zero attached hydrogens (tertiary/aromatic N) is 1. The lowest BCUT2D eigenvalue weighted by Gasteiger charge is -2.18. The first kappa shape index (κ1) is 19.4. The monoisotopic (exact) mass is 387 g/mol. The van der Waals surface area contributed by atoms with Crippen molar-refractivity contribution in [1.82, 2.24) is 4.90 Å². The highest BCUT2D eigenvalue weighted by molar-refractivity contribution is 7.92. The Morgan fingerprint density at radius 2 is 2.00 bits per heavy atom. The maximum Gasteiger partial charge on any atom is 0.262 e. The molecule has 1 aliphatic rings. The van der Waals surface area contributed by atoms with Gasteiger partial charge in [0.25, 0.3) is 15.9 Å². The molecule has 1 fully saturated rings. The van der Waals surface area contributed by atoms with E-state index in [0.717, 1.165) is 12.0 Å². The van der Waals surface area contributed by atoms with E-state index in [9.17, 15) is 13.2 Å². The van der Waals surface area contributed by atoms with Gasteiger partial charge in [0, 0.05) is 24.3 Å². The second kappa shape index (κ2) is 7.70. The van der Waals surface area contributed by atoms with Crippen LogP contribution in [-0.2, 0) is 10.0 Å². The molecule has 0 aliphatic carbocycles. The van der Waals surface area contributed by atoms with Gasteiger partial charge in [-0.3, -0.25) is 9.52 Å². The minimum absolute atomic E-state index is 0.115. The van der Waals surface area contributed by atoms with Gasteiger partial charge in [0.1, 0.15) is 0 Å². The number of nitrogens with two attached hydrogens (primary N) is 1. The molecule has 1 heterocycles. The Morgan fingerprint density at radius 3 is 2.67 bits per heavy atom. The first-order chi connectivity index (χ1) is 12.8. The van der Waals surface area contributed by atoms with Crippen LogP contribution in [0.5, 0.6) is 0 Å². The molecule has 0 spiro atoms. The van der Waals surface area contributed by atoms with Crippen LogP contribution in [0.2, 0.25) is 0 Å². The number of amides is 1. The van der Waals surface area contributed by atoms with E-state index < -0.39 is 10.0 Å². The average Bonchev–Trinajstić information content (AvgIpc) is 3.10. The van der Waals surface area contributed by atoms with Crippen molar-refractivity contribution in [2.75, 3.05) is 24.4 Å². The van der Waals surface area contributed by atoms with Gasteiger partial charge in [-0.1, -0.05) is 18.2 Å². The fourth-order valence-electron chi connectivity index (χ4n) is 3.33. The molecule has 1 unspecified atom stereocenters. The lowest BCUT2D eigenvalue weighted by molar-refractivity contribution is 0.0787. The van der Waals surface area contributed by atoms with Crippen molar-refractivity contribution in [1.29, 1.82) is 0 Å². The third kappa shape index (κ3) is 4.31. The molecule has 1 amide bonds. The predicted molar refractivity (Wildman–Crippen MR) is 106 cm³/mol. The summed E-state index contributed by atoms with van der Waals surface area (Å²) < 4.78 is 28.4. The quantitative estimate of drug-likeness (QED) is 0.824. The highest BCUT2D eigenvalue weighted by Gasteiger charge is 2.27. The Hall–Kier alpha value is -2.38. The summed E-state index contributed by atoms with van der Waals surface area (Å²) in [6, 6.07) is 12.0. The number of aryl methyl sites for hydroxylation is 2. The van der Waals surface area contributed by atoms with Gasteiger partial charge in [-0.2, -0.15) is 0 Å². The van der Waals surface area contributed by atoms with Gasteiger partial charge < -0.3 is 10.6 Å². The maximum absolute atomic E-state index is 12.9. The number of hydrogen-bond donors (Lipinski definition) is 2. The highest BCUT2D eigenvalue weighted by atomic mass is 32.2. The van der Waals surface area contributed by atoms with Crippen molar-refractivity contribution < 1.29 is 13.2 Å². The fraction of sp³-hybridized carbons (Fsp3) is 0.350. The van der Waals surface area contributed by atoms with Gasteiger partial charge in [-0.05, 0) is 68.1 Å². The molecule has 2 aromatic rings. The zero-order valence-corrected chi connectivity index (χ0v) is 16.4. The van der Waals surface area contributed by atoms with E-state index in [1.165, 1.54) is 6.07 Å². The molecule has 3 rings (SSSR count). The Balaban J connectivity index is 1.87. The number of sulfonamides is 1. The van der Waals surface area contributed by atoms with E-state index in [-0.39, 0.29) is 10.8 Å². The molecule has 1 atom stereocenters. The first-order valence-electron chi connectivity index (χ1n) is 8.99. The summed E-state index contributed by atoms with van der Waals surface area (Å²) in [6.45, 7) is 5.44. The van der Waals surface area contributed by atoms with Crippen LogP contribution < -0.4 is 10.5 Å². The van der Waals surface area contributed by atoms with Crippen molar-refractivity contribution >= 4 is 21.6 Å². The van der Waals surface area contributed by atoms with Gasteiger partial charge >= 0.3 is 0 Å². The maximum atomic E-state index is 12.9. The van der Waals surface area contributed by atoms with Crippen molar-refractivity contribution in [3.8, 4) is 0 Å². The van der Waals surface area contributed by atoms with Crippen LogP contribution in [0, 0.1) is 19.8 Å². The summed E-state index contributed by atoms with van der Waals surface area (Å²) in [6.07, 6.45) is 0.883. The van der Waals surface area contributed by atoms with Crippen LogP contribution in [0.25, 0.3) is 0 Å². The largest absolute Gasteiger partial charge is 0.338 e. The summed E-state index contributed by atoms with van der Waals surface area (Å²) in [7, 11) is -3.80. The molecule has 0 aromatic heterocycles. The summed E-state index contributed by atoms with van der Waals surface area (Å²) in [5, 5.41) is 0. The standard InChI is InChI=1S/C20H25N3O3S/c1-14-4-3-5-18(10-14)22-27(25,26)19-11-17(7-6-15(19)2)20(24)23-9-8-16(12-21)13-23/h3-7,10-11,16,22H,8-9,12-13,21H2,1-2H3. The number of rotatable bonds is 5. The van der Waals surface area contributed by atoms with Crippen LogP contribution in [0.4, 0.5) is 5.69 Å².